The molecule has 8 heteroatoms. The van der Waals surface area contributed by atoms with Crippen molar-refractivity contribution in [3.05, 3.63) is 114 Å². The summed E-state index contributed by atoms with van der Waals surface area (Å²) in [5.74, 6) is 1.84. The highest BCUT2D eigenvalue weighted by Crippen LogP contribution is 2.48. The first-order chi connectivity index (χ1) is 18.6. The molecule has 38 heavy (non-hydrogen) atoms. The maximum Gasteiger partial charge on any atom is 0.323 e. The molecule has 2 amide bonds. The Hall–Kier alpha value is -4.72. The Labute approximate surface area is 219 Å². The summed E-state index contributed by atoms with van der Waals surface area (Å²) in [6, 6.07) is 21.3. The highest BCUT2D eigenvalue weighted by molar-refractivity contribution is 6.06. The van der Waals surface area contributed by atoms with Crippen molar-refractivity contribution < 1.29 is 23.2 Å². The van der Waals surface area contributed by atoms with Gasteiger partial charge in [-0.05, 0) is 48.9 Å². The fourth-order valence-corrected chi connectivity index (χ4v) is 5.39. The second-order valence-electron chi connectivity index (χ2n) is 9.33. The number of urea groups is 1. The number of rotatable bonds is 5. The zero-order valence-electron chi connectivity index (χ0n) is 20.8. The van der Waals surface area contributed by atoms with E-state index in [2.05, 4.69) is 10.6 Å². The maximum absolute atomic E-state index is 14.0. The van der Waals surface area contributed by atoms with E-state index in [1.165, 1.54) is 0 Å². The van der Waals surface area contributed by atoms with Crippen molar-refractivity contribution in [2.75, 3.05) is 17.3 Å². The number of nitrogens with zero attached hydrogens (tertiary/aromatic N) is 1. The number of amides is 2. The number of nitrogens with one attached hydrogen (secondary N) is 2. The SMILES string of the molecule is COc1ccccc1C1C2=C(CC(c3ccco3)CC2=O)Nc2ccccc2N1C(=O)NCc1ccco1. The molecule has 0 saturated heterocycles. The third kappa shape index (κ3) is 4.24. The molecule has 0 radical (unpaired) electrons. The number of ketones is 1. The Kier molecular flexibility index (Phi) is 6.21. The summed E-state index contributed by atoms with van der Waals surface area (Å²) >= 11 is 0. The summed E-state index contributed by atoms with van der Waals surface area (Å²) in [5, 5.41) is 6.49. The van der Waals surface area contributed by atoms with Gasteiger partial charge in [0.15, 0.2) is 5.78 Å². The molecule has 192 valence electrons. The fourth-order valence-electron chi connectivity index (χ4n) is 5.39. The Bertz CT molecular complexity index is 1490. The zero-order chi connectivity index (χ0) is 26.1. The predicted octanol–water partition coefficient (Wildman–Crippen LogP) is 6.17. The number of para-hydroxylation sites is 3. The minimum atomic E-state index is -0.723. The van der Waals surface area contributed by atoms with Crippen molar-refractivity contribution in [2.24, 2.45) is 0 Å². The average molecular weight is 510 g/mol. The second-order valence-corrected chi connectivity index (χ2v) is 9.33. The Balaban J connectivity index is 1.51. The smallest absolute Gasteiger partial charge is 0.323 e. The lowest BCUT2D eigenvalue weighted by Gasteiger charge is -2.35. The summed E-state index contributed by atoms with van der Waals surface area (Å²) < 4.78 is 16.8. The Morgan fingerprint density at radius 3 is 2.58 bits per heavy atom. The molecular weight excluding hydrogens is 482 g/mol. The van der Waals surface area contributed by atoms with Crippen LogP contribution in [0.1, 0.15) is 41.9 Å². The first-order valence-corrected chi connectivity index (χ1v) is 12.5. The van der Waals surface area contributed by atoms with Crippen molar-refractivity contribution in [2.45, 2.75) is 31.3 Å². The summed E-state index contributed by atoms with van der Waals surface area (Å²) in [6.07, 6.45) is 4.04. The van der Waals surface area contributed by atoms with E-state index in [1.807, 2.05) is 60.7 Å². The Morgan fingerprint density at radius 1 is 1.00 bits per heavy atom. The molecule has 0 fully saturated rings. The van der Waals surface area contributed by atoms with E-state index in [0.29, 0.717) is 29.2 Å². The molecular formula is C30H27N3O5. The number of methoxy groups -OCH3 is 1. The van der Waals surface area contributed by atoms with Gasteiger partial charge in [0.05, 0.1) is 43.6 Å². The number of ether oxygens (including phenoxy) is 1. The highest BCUT2D eigenvalue weighted by Gasteiger charge is 2.43. The third-order valence-corrected chi connectivity index (χ3v) is 7.08. The number of benzene rings is 2. The molecule has 8 nitrogen and oxygen atoms in total. The van der Waals surface area contributed by atoms with Crippen LogP contribution < -0.4 is 20.3 Å². The number of hydrogen-bond donors (Lipinski definition) is 2. The van der Waals surface area contributed by atoms with Crippen molar-refractivity contribution in [1.82, 2.24) is 5.32 Å². The van der Waals surface area contributed by atoms with Gasteiger partial charge in [-0.25, -0.2) is 4.79 Å². The third-order valence-electron chi connectivity index (χ3n) is 7.08. The minimum Gasteiger partial charge on any atom is -0.496 e. The lowest BCUT2D eigenvalue weighted by atomic mass is 9.80. The number of carbonyl (C=O) groups is 2. The first-order valence-electron chi connectivity index (χ1n) is 12.5. The van der Waals surface area contributed by atoms with Crippen LogP contribution >= 0.6 is 0 Å². The lowest BCUT2D eigenvalue weighted by molar-refractivity contribution is -0.116. The first kappa shape index (κ1) is 23.7. The van der Waals surface area contributed by atoms with Gasteiger partial charge in [-0.2, -0.15) is 0 Å². The summed E-state index contributed by atoms with van der Waals surface area (Å²) in [4.78, 5) is 29.6. The van der Waals surface area contributed by atoms with Crippen molar-refractivity contribution in [3.63, 3.8) is 0 Å². The van der Waals surface area contributed by atoms with Gasteiger partial charge < -0.3 is 24.2 Å². The van der Waals surface area contributed by atoms with Gasteiger partial charge >= 0.3 is 6.03 Å². The van der Waals surface area contributed by atoms with Crippen LogP contribution in [0.3, 0.4) is 0 Å². The van der Waals surface area contributed by atoms with Crippen LogP contribution in [0.2, 0.25) is 0 Å². The molecule has 2 N–H and O–H groups in total. The monoisotopic (exact) mass is 509 g/mol. The van der Waals surface area contributed by atoms with Crippen LogP contribution in [0.4, 0.5) is 16.2 Å². The minimum absolute atomic E-state index is 0.0484. The summed E-state index contributed by atoms with van der Waals surface area (Å²) in [6.45, 7) is 0.205. The molecule has 0 saturated carbocycles. The number of anilines is 2. The van der Waals surface area contributed by atoms with Gasteiger partial charge in [0, 0.05) is 29.2 Å². The van der Waals surface area contributed by atoms with Crippen molar-refractivity contribution in [1.29, 1.82) is 0 Å². The van der Waals surface area contributed by atoms with Gasteiger partial charge in [0.25, 0.3) is 0 Å². The average Bonchev–Trinajstić information content (AvgIpc) is 3.64. The molecule has 2 aromatic carbocycles. The van der Waals surface area contributed by atoms with Gasteiger partial charge in [-0.1, -0.05) is 30.3 Å². The van der Waals surface area contributed by atoms with Crippen molar-refractivity contribution >= 4 is 23.2 Å². The van der Waals surface area contributed by atoms with Crippen LogP contribution in [0.15, 0.2) is 105 Å². The molecule has 2 unspecified atom stereocenters. The normalized spacial score (nSPS) is 18.8. The van der Waals surface area contributed by atoms with Crippen LogP contribution in [-0.2, 0) is 11.3 Å². The molecule has 2 atom stereocenters. The van der Waals surface area contributed by atoms with E-state index < -0.39 is 6.04 Å². The number of hydrogen-bond acceptors (Lipinski definition) is 6. The zero-order valence-corrected chi connectivity index (χ0v) is 20.8. The molecule has 1 aliphatic heterocycles. The topological polar surface area (TPSA) is 97.0 Å². The van der Waals surface area contributed by atoms with Crippen LogP contribution in [0, 0.1) is 0 Å². The van der Waals surface area contributed by atoms with Crippen LogP contribution in [0.25, 0.3) is 0 Å². The predicted molar refractivity (Wildman–Crippen MR) is 142 cm³/mol. The summed E-state index contributed by atoms with van der Waals surface area (Å²) in [7, 11) is 1.59. The standard InChI is InChI=1S/C30H27N3O5/c1-36-27-12-5-2-9-21(27)29-28-23(16-19(17-25(28)34)26-13-7-15-38-26)32-22-10-3-4-11-24(22)33(29)30(35)31-18-20-8-6-14-37-20/h2-15,19,29,32H,16-18H2,1H3,(H,31,35). The molecule has 4 aromatic rings. The molecule has 0 spiro atoms. The van der Waals surface area contributed by atoms with Gasteiger partial charge in [0.1, 0.15) is 17.3 Å². The molecule has 6 rings (SSSR count). The van der Waals surface area contributed by atoms with Gasteiger partial charge in [0.2, 0.25) is 0 Å². The number of fused-ring (bicyclic) bond motifs is 1. The lowest BCUT2D eigenvalue weighted by Crippen LogP contribution is -2.44. The Morgan fingerprint density at radius 2 is 1.79 bits per heavy atom. The van der Waals surface area contributed by atoms with Crippen LogP contribution in [-0.4, -0.2) is 18.9 Å². The van der Waals surface area contributed by atoms with E-state index >= 15 is 0 Å². The molecule has 0 bridgehead atoms. The fraction of sp³-hybridized carbons (Fsp3) is 0.200. The van der Waals surface area contributed by atoms with E-state index in [-0.39, 0.29) is 30.7 Å². The maximum atomic E-state index is 14.0. The second kappa shape index (κ2) is 9.97. The summed E-state index contributed by atoms with van der Waals surface area (Å²) in [5.41, 5.74) is 3.42. The molecule has 1 aliphatic carbocycles. The van der Waals surface area contributed by atoms with E-state index in [4.69, 9.17) is 13.6 Å². The quantitative estimate of drug-likeness (QED) is 0.334. The molecule has 3 heterocycles. The van der Waals surface area contributed by atoms with Crippen molar-refractivity contribution in [3.8, 4) is 5.75 Å². The van der Waals surface area contributed by atoms with Gasteiger partial charge in [-0.15, -0.1) is 0 Å². The number of Topliss-reactive ketones (excluding diaryl/α,β-unsaturated/α-hetero) is 1. The largest absolute Gasteiger partial charge is 0.496 e. The van der Waals surface area contributed by atoms with Crippen LogP contribution in [0.5, 0.6) is 5.75 Å². The number of allylic oxidation sites excluding steroid dienone is 1. The van der Waals surface area contributed by atoms with E-state index in [0.717, 1.165) is 22.7 Å². The number of carbonyl (C=O) groups excluding carboxylic acids is 2. The van der Waals surface area contributed by atoms with E-state index in [1.54, 1.807) is 36.7 Å². The molecule has 2 aliphatic rings. The van der Waals surface area contributed by atoms with E-state index in [9.17, 15) is 9.59 Å². The molecule has 2 aromatic heterocycles. The number of furan rings is 2. The highest BCUT2D eigenvalue weighted by atomic mass is 16.5. The van der Waals surface area contributed by atoms with Gasteiger partial charge in [-0.3, -0.25) is 9.69 Å².